The fraction of sp³-hybridized carbons (Fsp3) is 0.364. The van der Waals surface area contributed by atoms with Crippen LogP contribution in [0.15, 0.2) is 18.2 Å². The molecule has 86 valence electrons. The van der Waals surface area contributed by atoms with E-state index in [1.54, 1.807) is 30.0 Å². The Morgan fingerprint density at radius 2 is 2.38 bits per heavy atom. The number of halogens is 1. The second kappa shape index (κ2) is 4.97. The lowest BCUT2D eigenvalue weighted by Gasteiger charge is -2.12. The van der Waals surface area contributed by atoms with Crippen molar-refractivity contribution in [2.24, 2.45) is 0 Å². The highest BCUT2D eigenvalue weighted by Crippen LogP contribution is 2.31. The van der Waals surface area contributed by atoms with Gasteiger partial charge in [-0.2, -0.15) is 0 Å². The van der Waals surface area contributed by atoms with Crippen LogP contribution in [0.4, 0.5) is 11.4 Å². The summed E-state index contributed by atoms with van der Waals surface area (Å²) >= 11 is 7.66. The molecule has 0 radical (unpaired) electrons. The molecular formula is C11H13ClN2OS. The van der Waals surface area contributed by atoms with Crippen molar-refractivity contribution in [3.05, 3.63) is 23.2 Å². The lowest BCUT2D eigenvalue weighted by atomic mass is 10.2. The molecule has 0 spiro atoms. The molecule has 2 rings (SSSR count). The fourth-order valence-corrected chi connectivity index (χ4v) is 3.05. The number of carbonyl (C=O) groups is 1. The van der Waals surface area contributed by atoms with Crippen LogP contribution in [0.1, 0.15) is 12.8 Å². The van der Waals surface area contributed by atoms with Gasteiger partial charge in [-0.05, 0) is 30.7 Å². The first kappa shape index (κ1) is 11.6. The molecule has 0 aromatic heterocycles. The van der Waals surface area contributed by atoms with Gasteiger partial charge in [0.25, 0.3) is 0 Å². The zero-order valence-corrected chi connectivity index (χ0v) is 10.3. The third kappa shape index (κ3) is 2.44. The Morgan fingerprint density at radius 1 is 1.56 bits per heavy atom. The molecule has 1 aliphatic rings. The largest absolute Gasteiger partial charge is 0.397 e. The van der Waals surface area contributed by atoms with Crippen LogP contribution >= 0.6 is 23.4 Å². The van der Waals surface area contributed by atoms with E-state index in [4.69, 9.17) is 17.3 Å². The maximum Gasteiger partial charge on any atom is 0.237 e. The summed E-state index contributed by atoms with van der Waals surface area (Å²) in [6, 6.07) is 5.20. The Kier molecular flexibility index (Phi) is 3.61. The summed E-state index contributed by atoms with van der Waals surface area (Å²) in [5.74, 6) is 1.05. The van der Waals surface area contributed by atoms with Gasteiger partial charge in [0, 0.05) is 0 Å². The van der Waals surface area contributed by atoms with Crippen molar-refractivity contribution in [2.75, 3.05) is 16.8 Å². The van der Waals surface area contributed by atoms with Crippen LogP contribution in [0.2, 0.25) is 5.02 Å². The van der Waals surface area contributed by atoms with E-state index in [-0.39, 0.29) is 11.2 Å². The Hall–Kier alpha value is -0.870. The fourth-order valence-electron chi connectivity index (χ4n) is 1.66. The van der Waals surface area contributed by atoms with E-state index in [9.17, 15) is 4.79 Å². The molecule has 3 nitrogen and oxygen atoms in total. The zero-order valence-electron chi connectivity index (χ0n) is 8.70. The minimum absolute atomic E-state index is 0.00213. The number of anilines is 2. The number of hydrogen-bond donors (Lipinski definition) is 2. The van der Waals surface area contributed by atoms with E-state index in [2.05, 4.69) is 5.32 Å². The lowest BCUT2D eigenvalue weighted by Crippen LogP contribution is -2.23. The van der Waals surface area contributed by atoms with Crippen LogP contribution in [0.5, 0.6) is 0 Å². The molecule has 1 unspecified atom stereocenters. The van der Waals surface area contributed by atoms with Gasteiger partial charge < -0.3 is 11.1 Å². The molecule has 1 atom stereocenters. The molecule has 1 saturated heterocycles. The summed E-state index contributed by atoms with van der Waals surface area (Å²) in [5.41, 5.74) is 6.80. The van der Waals surface area contributed by atoms with Gasteiger partial charge in [0.2, 0.25) is 5.91 Å². The van der Waals surface area contributed by atoms with E-state index < -0.39 is 0 Å². The number of nitrogens with two attached hydrogens (primary N) is 1. The molecule has 1 aromatic rings. The van der Waals surface area contributed by atoms with Crippen LogP contribution in [0.3, 0.4) is 0 Å². The monoisotopic (exact) mass is 256 g/mol. The van der Waals surface area contributed by atoms with Crippen LogP contribution in [-0.4, -0.2) is 16.9 Å². The maximum atomic E-state index is 11.9. The molecule has 5 heteroatoms. The number of benzene rings is 1. The van der Waals surface area contributed by atoms with Gasteiger partial charge in [0.05, 0.1) is 21.6 Å². The van der Waals surface area contributed by atoms with Crippen molar-refractivity contribution in [1.82, 2.24) is 0 Å². The summed E-state index contributed by atoms with van der Waals surface area (Å²) in [4.78, 5) is 11.9. The molecule has 0 saturated carbocycles. The number of rotatable bonds is 2. The molecule has 1 amide bonds. The second-order valence-electron chi connectivity index (χ2n) is 3.69. The minimum atomic E-state index is 0.00213. The van der Waals surface area contributed by atoms with E-state index in [0.717, 1.165) is 18.6 Å². The molecule has 1 fully saturated rings. The van der Waals surface area contributed by atoms with Crippen molar-refractivity contribution < 1.29 is 4.79 Å². The summed E-state index contributed by atoms with van der Waals surface area (Å²) in [6.45, 7) is 0. The normalized spacial score (nSPS) is 19.7. The van der Waals surface area contributed by atoms with Crippen LogP contribution < -0.4 is 11.1 Å². The topological polar surface area (TPSA) is 55.1 Å². The SMILES string of the molecule is Nc1cccc(Cl)c1NC(=O)C1CCCS1. The second-order valence-corrected chi connectivity index (χ2v) is 5.41. The number of thioether (sulfide) groups is 1. The Labute approximate surface area is 104 Å². The number of hydrogen-bond acceptors (Lipinski definition) is 3. The predicted octanol–water partition coefficient (Wildman–Crippen LogP) is 2.76. The van der Waals surface area contributed by atoms with E-state index >= 15 is 0 Å². The van der Waals surface area contributed by atoms with Crippen LogP contribution in [0.25, 0.3) is 0 Å². The molecule has 3 N–H and O–H groups in total. The first-order valence-corrected chi connectivity index (χ1v) is 6.57. The first-order valence-electron chi connectivity index (χ1n) is 5.15. The van der Waals surface area contributed by atoms with Gasteiger partial charge in [0.15, 0.2) is 0 Å². The molecule has 0 bridgehead atoms. The summed E-state index contributed by atoms with van der Waals surface area (Å²) in [5, 5.41) is 3.32. The zero-order chi connectivity index (χ0) is 11.5. The third-order valence-corrected chi connectivity index (χ3v) is 4.21. The van der Waals surface area contributed by atoms with Crippen molar-refractivity contribution in [1.29, 1.82) is 0 Å². The molecule has 16 heavy (non-hydrogen) atoms. The van der Waals surface area contributed by atoms with Gasteiger partial charge in [-0.15, -0.1) is 11.8 Å². The van der Waals surface area contributed by atoms with Crippen molar-refractivity contribution in [2.45, 2.75) is 18.1 Å². The van der Waals surface area contributed by atoms with Gasteiger partial charge >= 0.3 is 0 Å². The number of para-hydroxylation sites is 1. The lowest BCUT2D eigenvalue weighted by molar-refractivity contribution is -0.115. The van der Waals surface area contributed by atoms with Crippen LogP contribution in [-0.2, 0) is 4.79 Å². The Balaban J connectivity index is 2.11. The van der Waals surface area contributed by atoms with Crippen LogP contribution in [0, 0.1) is 0 Å². The first-order chi connectivity index (χ1) is 7.68. The minimum Gasteiger partial charge on any atom is -0.397 e. The third-order valence-electron chi connectivity index (χ3n) is 2.52. The number of amides is 1. The molecular weight excluding hydrogens is 244 g/mol. The van der Waals surface area contributed by atoms with Gasteiger partial charge in [0.1, 0.15) is 0 Å². The summed E-state index contributed by atoms with van der Waals surface area (Å²) in [6.07, 6.45) is 2.03. The number of carbonyl (C=O) groups excluding carboxylic acids is 1. The van der Waals surface area contributed by atoms with Gasteiger partial charge in [-0.1, -0.05) is 17.7 Å². The standard InChI is InChI=1S/C11H13ClN2OS/c12-7-3-1-4-8(13)10(7)14-11(15)9-5-2-6-16-9/h1,3-4,9H,2,5-6,13H2,(H,14,15). The van der Waals surface area contributed by atoms with Crippen molar-refractivity contribution in [3.8, 4) is 0 Å². The van der Waals surface area contributed by atoms with Gasteiger partial charge in [-0.25, -0.2) is 0 Å². The highest BCUT2D eigenvalue weighted by molar-refractivity contribution is 8.00. The summed E-state index contributed by atoms with van der Waals surface area (Å²) in [7, 11) is 0. The Bertz CT molecular complexity index is 385. The average Bonchev–Trinajstić information content (AvgIpc) is 2.76. The van der Waals surface area contributed by atoms with Crippen molar-refractivity contribution >= 4 is 40.6 Å². The van der Waals surface area contributed by atoms with E-state index in [0.29, 0.717) is 16.4 Å². The van der Waals surface area contributed by atoms with Gasteiger partial charge in [-0.3, -0.25) is 4.79 Å². The number of nitrogens with one attached hydrogen (secondary N) is 1. The van der Waals surface area contributed by atoms with Crippen molar-refractivity contribution in [3.63, 3.8) is 0 Å². The Morgan fingerprint density at radius 3 is 3.00 bits per heavy atom. The highest BCUT2D eigenvalue weighted by Gasteiger charge is 2.24. The average molecular weight is 257 g/mol. The van der Waals surface area contributed by atoms with E-state index in [1.807, 2.05) is 0 Å². The smallest absolute Gasteiger partial charge is 0.237 e. The maximum absolute atomic E-state index is 11.9. The summed E-state index contributed by atoms with van der Waals surface area (Å²) < 4.78 is 0. The number of nitrogen functional groups attached to an aromatic ring is 1. The molecule has 0 aliphatic carbocycles. The predicted molar refractivity (Wildman–Crippen MR) is 70.0 cm³/mol. The quantitative estimate of drug-likeness (QED) is 0.800. The highest BCUT2D eigenvalue weighted by atomic mass is 35.5. The molecule has 1 aromatic carbocycles. The molecule has 1 aliphatic heterocycles. The molecule has 1 heterocycles. The van der Waals surface area contributed by atoms with E-state index in [1.165, 1.54) is 0 Å².